The smallest absolute Gasteiger partial charge is 0.416 e. The molecule has 1 heterocycles. The molecule has 9 heteroatoms. The van der Waals surface area contributed by atoms with E-state index in [1.807, 2.05) is 0 Å². The highest BCUT2D eigenvalue weighted by atomic mass is 32.1. The first kappa shape index (κ1) is 17.9. The quantitative estimate of drug-likeness (QED) is 0.678. The molecule has 0 spiro atoms. The second-order valence-corrected chi connectivity index (χ2v) is 5.97. The molecule has 3 rings (SSSR count). The van der Waals surface area contributed by atoms with Gasteiger partial charge in [0.25, 0.3) is 5.56 Å². The fraction of sp³-hybridized carbons (Fsp3) is 0.118. The molecule has 2 N–H and O–H groups in total. The number of nitrogens with zero attached hydrogens (tertiary/aromatic N) is 1. The molecule has 0 aliphatic carbocycles. The van der Waals surface area contributed by atoms with Crippen LogP contribution in [0.3, 0.4) is 0 Å². The number of carboxylic acids is 1. The molecular weight excluding hydrogens is 369 g/mol. The van der Waals surface area contributed by atoms with E-state index in [4.69, 9.17) is 17.3 Å². The first-order valence-electron chi connectivity index (χ1n) is 7.33. The third-order valence-corrected chi connectivity index (χ3v) is 4.15. The monoisotopic (exact) mass is 380 g/mol. The molecule has 0 saturated carbocycles. The molecule has 0 aliphatic rings. The van der Waals surface area contributed by atoms with E-state index in [-0.39, 0.29) is 33.3 Å². The molecule has 0 amide bonds. The van der Waals surface area contributed by atoms with Gasteiger partial charge in [-0.15, -0.1) is 0 Å². The lowest BCUT2D eigenvalue weighted by Crippen LogP contribution is -2.23. The predicted octanol–water partition coefficient (Wildman–Crippen LogP) is 3.82. The van der Waals surface area contributed by atoms with Crippen molar-refractivity contribution in [2.75, 3.05) is 0 Å². The first-order valence-corrected chi connectivity index (χ1v) is 7.74. The second-order valence-electron chi connectivity index (χ2n) is 5.59. The zero-order valence-corrected chi connectivity index (χ0v) is 13.8. The van der Waals surface area contributed by atoms with Crippen molar-refractivity contribution in [1.82, 2.24) is 9.55 Å². The van der Waals surface area contributed by atoms with Gasteiger partial charge in [-0.25, -0.2) is 4.79 Å². The van der Waals surface area contributed by atoms with Crippen LogP contribution in [-0.4, -0.2) is 20.6 Å². The number of nitrogens with one attached hydrogen (secondary N) is 1. The molecule has 0 bridgehead atoms. The highest BCUT2D eigenvalue weighted by molar-refractivity contribution is 7.71. The van der Waals surface area contributed by atoms with Crippen molar-refractivity contribution in [2.24, 2.45) is 0 Å². The number of aromatic amines is 1. The third kappa shape index (κ3) is 3.38. The number of aromatic carboxylic acids is 1. The zero-order valence-electron chi connectivity index (χ0n) is 13.0. The van der Waals surface area contributed by atoms with Crippen LogP contribution in [0.1, 0.15) is 21.5 Å². The molecule has 5 nitrogen and oxygen atoms in total. The van der Waals surface area contributed by atoms with E-state index < -0.39 is 23.3 Å². The van der Waals surface area contributed by atoms with Gasteiger partial charge in [0.15, 0.2) is 4.77 Å². The van der Waals surface area contributed by atoms with Crippen LogP contribution < -0.4 is 5.56 Å². The van der Waals surface area contributed by atoms with Gasteiger partial charge in [0.2, 0.25) is 0 Å². The average Bonchev–Trinajstić information content (AvgIpc) is 2.57. The van der Waals surface area contributed by atoms with Gasteiger partial charge < -0.3 is 10.1 Å². The van der Waals surface area contributed by atoms with Crippen LogP contribution in [0.15, 0.2) is 47.3 Å². The standard InChI is InChI=1S/C17H11F3N2O3S/c18-17(19,20)11-3-1-2-9(6-11)8-22-14(23)12-5-4-10(15(24)25)7-13(12)21-16(22)26/h1-7H,8H2,(H,21,26)(H,24,25). The molecule has 1 aromatic heterocycles. The summed E-state index contributed by atoms with van der Waals surface area (Å²) < 4.78 is 39.6. The van der Waals surface area contributed by atoms with Gasteiger partial charge in [-0.1, -0.05) is 12.1 Å². The van der Waals surface area contributed by atoms with Crippen molar-refractivity contribution in [3.63, 3.8) is 0 Å². The summed E-state index contributed by atoms with van der Waals surface area (Å²) >= 11 is 5.12. The van der Waals surface area contributed by atoms with Crippen LogP contribution in [0.2, 0.25) is 0 Å². The molecule has 134 valence electrons. The van der Waals surface area contributed by atoms with E-state index in [0.717, 1.165) is 16.7 Å². The Balaban J connectivity index is 2.09. The highest BCUT2D eigenvalue weighted by Gasteiger charge is 2.30. The van der Waals surface area contributed by atoms with Crippen molar-refractivity contribution >= 4 is 29.1 Å². The summed E-state index contributed by atoms with van der Waals surface area (Å²) in [5, 5.41) is 9.20. The van der Waals surface area contributed by atoms with Crippen molar-refractivity contribution < 1.29 is 23.1 Å². The van der Waals surface area contributed by atoms with Gasteiger partial charge >= 0.3 is 12.1 Å². The lowest BCUT2D eigenvalue weighted by molar-refractivity contribution is -0.137. The minimum Gasteiger partial charge on any atom is -0.478 e. The number of rotatable bonds is 3. The van der Waals surface area contributed by atoms with E-state index in [1.54, 1.807) is 0 Å². The van der Waals surface area contributed by atoms with Crippen LogP contribution >= 0.6 is 12.2 Å². The lowest BCUT2D eigenvalue weighted by atomic mass is 10.1. The summed E-state index contributed by atoms with van der Waals surface area (Å²) in [6.07, 6.45) is -4.49. The summed E-state index contributed by atoms with van der Waals surface area (Å²) in [4.78, 5) is 26.4. The molecule has 2 aromatic carbocycles. The summed E-state index contributed by atoms with van der Waals surface area (Å²) in [6, 6.07) is 8.53. The molecular formula is C17H11F3N2O3S. The molecule has 0 unspecified atom stereocenters. The first-order chi connectivity index (χ1) is 12.2. The van der Waals surface area contributed by atoms with E-state index in [1.165, 1.54) is 30.3 Å². The van der Waals surface area contributed by atoms with Gasteiger partial charge in [0, 0.05) is 0 Å². The van der Waals surface area contributed by atoms with Crippen LogP contribution in [-0.2, 0) is 12.7 Å². The number of halogens is 3. The van der Waals surface area contributed by atoms with Crippen LogP contribution in [0.5, 0.6) is 0 Å². The largest absolute Gasteiger partial charge is 0.478 e. The Kier molecular flexibility index (Phi) is 4.41. The minimum atomic E-state index is -4.49. The molecule has 0 fully saturated rings. The van der Waals surface area contributed by atoms with Crippen molar-refractivity contribution in [3.05, 3.63) is 74.3 Å². The average molecular weight is 380 g/mol. The maximum Gasteiger partial charge on any atom is 0.416 e. The van der Waals surface area contributed by atoms with E-state index >= 15 is 0 Å². The topological polar surface area (TPSA) is 75.1 Å². The summed E-state index contributed by atoms with van der Waals surface area (Å²) in [7, 11) is 0. The Bertz CT molecular complexity index is 1130. The number of hydrogen-bond donors (Lipinski definition) is 2. The number of aromatic nitrogens is 2. The Morgan fingerprint density at radius 1 is 1.19 bits per heavy atom. The van der Waals surface area contributed by atoms with Crippen molar-refractivity contribution in [3.8, 4) is 0 Å². The number of H-pyrrole nitrogens is 1. The Morgan fingerprint density at radius 2 is 1.92 bits per heavy atom. The molecule has 0 saturated heterocycles. The van der Waals surface area contributed by atoms with Crippen LogP contribution in [0, 0.1) is 4.77 Å². The normalized spacial score (nSPS) is 11.7. The van der Waals surface area contributed by atoms with Crippen molar-refractivity contribution in [1.29, 1.82) is 0 Å². The Hall–Kier alpha value is -2.94. The number of carbonyl (C=O) groups is 1. The predicted molar refractivity (Wildman–Crippen MR) is 90.9 cm³/mol. The fourth-order valence-electron chi connectivity index (χ4n) is 2.56. The van der Waals surface area contributed by atoms with Gasteiger partial charge in [-0.3, -0.25) is 9.36 Å². The lowest BCUT2D eigenvalue weighted by Gasteiger charge is -2.11. The second kappa shape index (κ2) is 6.41. The van der Waals surface area contributed by atoms with Crippen LogP contribution in [0.4, 0.5) is 13.2 Å². The number of carboxylic acid groups (broad SMARTS) is 1. The van der Waals surface area contributed by atoms with Gasteiger partial charge in [0.1, 0.15) is 0 Å². The maximum absolute atomic E-state index is 12.8. The summed E-state index contributed by atoms with van der Waals surface area (Å²) in [6.45, 7) is -0.144. The maximum atomic E-state index is 12.8. The van der Waals surface area contributed by atoms with Crippen molar-refractivity contribution in [2.45, 2.75) is 12.7 Å². The highest BCUT2D eigenvalue weighted by Crippen LogP contribution is 2.29. The minimum absolute atomic E-state index is 0.0116. The Labute approximate surface area is 149 Å². The fourth-order valence-corrected chi connectivity index (χ4v) is 2.82. The van der Waals surface area contributed by atoms with Gasteiger partial charge in [-0.05, 0) is 48.1 Å². The number of alkyl halides is 3. The van der Waals surface area contributed by atoms with E-state index in [9.17, 15) is 22.8 Å². The van der Waals surface area contributed by atoms with Gasteiger partial charge in [0.05, 0.1) is 28.6 Å². The Morgan fingerprint density at radius 3 is 2.58 bits per heavy atom. The number of benzene rings is 2. The van der Waals surface area contributed by atoms with E-state index in [0.29, 0.717) is 0 Å². The SMILES string of the molecule is O=C(O)c1ccc2c(=O)n(Cc3cccc(C(F)(F)F)c3)c(=S)[nH]c2c1. The number of hydrogen-bond acceptors (Lipinski definition) is 3. The molecule has 26 heavy (non-hydrogen) atoms. The van der Waals surface area contributed by atoms with E-state index in [2.05, 4.69) is 4.98 Å². The summed E-state index contributed by atoms with van der Waals surface area (Å²) in [5.74, 6) is -1.15. The molecule has 0 atom stereocenters. The zero-order chi connectivity index (χ0) is 19.1. The van der Waals surface area contributed by atoms with Gasteiger partial charge in [-0.2, -0.15) is 13.2 Å². The molecule has 3 aromatic rings. The number of fused-ring (bicyclic) bond motifs is 1. The van der Waals surface area contributed by atoms with Crippen LogP contribution in [0.25, 0.3) is 10.9 Å². The summed E-state index contributed by atoms with van der Waals surface area (Å²) in [5.41, 5.74) is -0.829. The third-order valence-electron chi connectivity index (χ3n) is 3.82. The molecule has 0 radical (unpaired) electrons. The molecule has 0 aliphatic heterocycles.